The number of hydrogen-bond acceptors (Lipinski definition) is 4. The second-order valence-electron chi connectivity index (χ2n) is 7.02. The summed E-state index contributed by atoms with van der Waals surface area (Å²) in [5.41, 5.74) is 0.455. The van der Waals surface area contributed by atoms with Crippen molar-refractivity contribution in [2.24, 2.45) is 0 Å². The maximum absolute atomic E-state index is 13.3. The summed E-state index contributed by atoms with van der Waals surface area (Å²) in [7, 11) is 0. The maximum Gasteiger partial charge on any atom is 0.234 e. The zero-order valence-electron chi connectivity index (χ0n) is 15.7. The van der Waals surface area contributed by atoms with Crippen LogP contribution in [0.25, 0.3) is 0 Å². The molecule has 0 spiro atoms. The second-order valence-corrected chi connectivity index (χ2v) is 8.37. The van der Waals surface area contributed by atoms with E-state index < -0.39 is 5.82 Å². The summed E-state index contributed by atoms with van der Waals surface area (Å²) in [5, 5.41) is 12.2. The number of thioether (sulfide) groups is 1. The van der Waals surface area contributed by atoms with Crippen LogP contribution >= 0.6 is 23.4 Å². The first-order chi connectivity index (χ1) is 14.1. The van der Waals surface area contributed by atoms with E-state index >= 15 is 0 Å². The van der Waals surface area contributed by atoms with Gasteiger partial charge in [-0.3, -0.25) is 9.47 Å². The number of nitrogens with zero attached hydrogens (tertiary/aromatic N) is 4. The van der Waals surface area contributed by atoms with Gasteiger partial charge in [0, 0.05) is 24.0 Å². The number of nitrogens with one attached hydrogen (secondary N) is 1. The number of anilines is 1. The minimum absolute atomic E-state index is 0.0278. The molecule has 1 amide bonds. The van der Waals surface area contributed by atoms with Crippen LogP contribution in [0.4, 0.5) is 10.1 Å². The minimum atomic E-state index is -0.519. The Labute approximate surface area is 177 Å². The number of amides is 1. The first kappa shape index (κ1) is 20.0. The van der Waals surface area contributed by atoms with Crippen molar-refractivity contribution >= 4 is 35.0 Å². The lowest BCUT2D eigenvalue weighted by molar-refractivity contribution is -0.113. The molecule has 2 heterocycles. The molecule has 0 bridgehead atoms. The van der Waals surface area contributed by atoms with Crippen molar-refractivity contribution in [1.29, 1.82) is 0 Å². The Bertz CT molecular complexity index is 985. The van der Waals surface area contributed by atoms with Crippen LogP contribution in [0.1, 0.15) is 43.8 Å². The van der Waals surface area contributed by atoms with Gasteiger partial charge in [0.2, 0.25) is 11.1 Å². The van der Waals surface area contributed by atoms with Gasteiger partial charge in [-0.25, -0.2) is 9.07 Å². The highest BCUT2D eigenvalue weighted by atomic mass is 35.5. The number of carbonyl (C=O) groups is 1. The first-order valence-corrected chi connectivity index (χ1v) is 10.9. The molecule has 1 aliphatic carbocycles. The molecule has 0 saturated heterocycles. The van der Waals surface area contributed by atoms with Gasteiger partial charge in [0.15, 0.2) is 5.82 Å². The first-order valence-electron chi connectivity index (χ1n) is 9.58. The van der Waals surface area contributed by atoms with E-state index in [0.29, 0.717) is 16.8 Å². The summed E-state index contributed by atoms with van der Waals surface area (Å²) >= 11 is 7.08. The molecule has 0 radical (unpaired) electrons. The third-order valence-electron chi connectivity index (χ3n) is 4.96. The summed E-state index contributed by atoms with van der Waals surface area (Å²) < 4.78 is 17.2. The van der Waals surface area contributed by atoms with E-state index in [1.807, 2.05) is 33.9 Å². The Morgan fingerprint density at radius 3 is 2.69 bits per heavy atom. The third-order valence-corrected chi connectivity index (χ3v) is 6.17. The van der Waals surface area contributed by atoms with E-state index in [2.05, 4.69) is 15.5 Å². The highest BCUT2D eigenvalue weighted by molar-refractivity contribution is 7.99. The van der Waals surface area contributed by atoms with Gasteiger partial charge in [0.05, 0.1) is 10.8 Å². The van der Waals surface area contributed by atoms with Gasteiger partial charge >= 0.3 is 0 Å². The molecular weight excluding hydrogens is 413 g/mol. The fourth-order valence-electron chi connectivity index (χ4n) is 3.56. The van der Waals surface area contributed by atoms with Gasteiger partial charge in [-0.05, 0) is 43.2 Å². The van der Waals surface area contributed by atoms with Crippen molar-refractivity contribution < 1.29 is 9.18 Å². The van der Waals surface area contributed by atoms with E-state index in [1.54, 1.807) is 0 Å². The van der Waals surface area contributed by atoms with Gasteiger partial charge in [-0.2, -0.15) is 0 Å². The lowest BCUT2D eigenvalue weighted by atomic mass is 9.89. The van der Waals surface area contributed by atoms with Crippen molar-refractivity contribution in [2.45, 2.75) is 43.2 Å². The van der Waals surface area contributed by atoms with Crippen LogP contribution in [0.2, 0.25) is 5.02 Å². The van der Waals surface area contributed by atoms with Crippen LogP contribution in [0.5, 0.6) is 0 Å². The van der Waals surface area contributed by atoms with Crippen LogP contribution < -0.4 is 5.32 Å². The Balaban J connectivity index is 1.48. The normalized spacial score (nSPS) is 14.8. The fraction of sp³-hybridized carbons (Fsp3) is 0.350. The van der Waals surface area contributed by atoms with E-state index in [1.165, 1.54) is 49.2 Å². The monoisotopic (exact) mass is 433 g/mol. The zero-order chi connectivity index (χ0) is 20.2. The molecule has 0 atom stereocenters. The predicted octanol–water partition coefficient (Wildman–Crippen LogP) is 4.96. The molecule has 6 nitrogen and oxygen atoms in total. The van der Waals surface area contributed by atoms with Gasteiger partial charge in [-0.1, -0.05) is 42.6 Å². The van der Waals surface area contributed by atoms with Crippen molar-refractivity contribution in [3.05, 3.63) is 59.4 Å². The molecule has 2 aromatic heterocycles. The molecule has 152 valence electrons. The molecule has 0 aliphatic heterocycles. The summed E-state index contributed by atoms with van der Waals surface area (Å²) in [6, 6.07) is 7.99. The highest BCUT2D eigenvalue weighted by Gasteiger charge is 2.24. The molecule has 1 N–H and O–H groups in total. The maximum atomic E-state index is 13.3. The molecule has 1 aromatic carbocycles. The van der Waals surface area contributed by atoms with Crippen molar-refractivity contribution in [3.8, 4) is 0 Å². The molecule has 1 saturated carbocycles. The lowest BCUT2D eigenvalue weighted by Crippen LogP contribution is -2.18. The van der Waals surface area contributed by atoms with Crippen LogP contribution in [0.15, 0.2) is 47.9 Å². The van der Waals surface area contributed by atoms with Gasteiger partial charge < -0.3 is 5.32 Å². The smallest absolute Gasteiger partial charge is 0.234 e. The van der Waals surface area contributed by atoms with Crippen LogP contribution in [-0.2, 0) is 4.79 Å². The van der Waals surface area contributed by atoms with Crippen LogP contribution in [-0.4, -0.2) is 31.2 Å². The van der Waals surface area contributed by atoms with Gasteiger partial charge in [0.1, 0.15) is 5.82 Å². The molecule has 9 heteroatoms. The number of rotatable bonds is 6. The SMILES string of the molecule is O=C(CSc1nnc(C2CCCCC2)n1-n1cccc1)Nc1ccc(F)c(Cl)c1. The summed E-state index contributed by atoms with van der Waals surface area (Å²) in [6.45, 7) is 0. The number of benzene rings is 1. The molecule has 0 unspecified atom stereocenters. The Morgan fingerprint density at radius 2 is 1.97 bits per heavy atom. The molecule has 29 heavy (non-hydrogen) atoms. The molecule has 4 rings (SSSR count). The predicted molar refractivity (Wildman–Crippen MR) is 112 cm³/mol. The van der Waals surface area contributed by atoms with E-state index in [0.717, 1.165) is 18.7 Å². The number of hydrogen-bond donors (Lipinski definition) is 1. The fourth-order valence-corrected chi connectivity index (χ4v) is 4.48. The van der Waals surface area contributed by atoms with E-state index in [4.69, 9.17) is 11.6 Å². The van der Waals surface area contributed by atoms with Crippen molar-refractivity contribution in [1.82, 2.24) is 19.5 Å². The number of carbonyl (C=O) groups excluding carboxylic acids is 1. The standard InChI is InChI=1S/C20H21ClFN5OS/c21-16-12-15(8-9-17(16)22)23-18(28)13-29-20-25-24-19(14-6-2-1-3-7-14)27(20)26-10-4-5-11-26/h4-5,8-12,14H,1-3,6-7,13H2,(H,23,28). The van der Waals surface area contributed by atoms with E-state index in [9.17, 15) is 9.18 Å². The minimum Gasteiger partial charge on any atom is -0.325 e. The lowest BCUT2D eigenvalue weighted by Gasteiger charge is -2.22. The largest absolute Gasteiger partial charge is 0.325 e. The summed E-state index contributed by atoms with van der Waals surface area (Å²) in [5.74, 6) is 0.726. The van der Waals surface area contributed by atoms with Gasteiger partial charge in [0.25, 0.3) is 0 Å². The quantitative estimate of drug-likeness (QED) is 0.558. The van der Waals surface area contributed by atoms with Gasteiger partial charge in [-0.15, -0.1) is 10.2 Å². The Kier molecular flexibility index (Phi) is 6.20. The summed E-state index contributed by atoms with van der Waals surface area (Å²) in [6.07, 6.45) is 9.78. The average molecular weight is 434 g/mol. The third kappa shape index (κ3) is 4.64. The second kappa shape index (κ2) is 9.00. The molecule has 1 aliphatic rings. The number of aromatic nitrogens is 4. The highest BCUT2D eigenvalue weighted by Crippen LogP contribution is 2.33. The average Bonchev–Trinajstić information content (AvgIpc) is 3.39. The Hall–Kier alpha value is -2.32. The van der Waals surface area contributed by atoms with Crippen LogP contribution in [0, 0.1) is 5.82 Å². The molecule has 1 fully saturated rings. The van der Waals surface area contributed by atoms with Crippen molar-refractivity contribution in [3.63, 3.8) is 0 Å². The molecular formula is C20H21ClFN5OS. The van der Waals surface area contributed by atoms with Crippen molar-refractivity contribution in [2.75, 3.05) is 11.1 Å². The Morgan fingerprint density at radius 1 is 1.21 bits per heavy atom. The summed E-state index contributed by atoms with van der Waals surface area (Å²) in [4.78, 5) is 12.4. The van der Waals surface area contributed by atoms with E-state index in [-0.39, 0.29) is 16.7 Å². The van der Waals surface area contributed by atoms with Crippen LogP contribution in [0.3, 0.4) is 0 Å². The zero-order valence-corrected chi connectivity index (χ0v) is 17.3. The topological polar surface area (TPSA) is 64.7 Å². The molecule has 3 aromatic rings. The number of halogens is 2.